The third-order valence-electron chi connectivity index (χ3n) is 2.33. The van der Waals surface area contributed by atoms with Crippen molar-refractivity contribution in [3.8, 4) is 12.3 Å². The normalized spacial score (nSPS) is 24.6. The lowest BCUT2D eigenvalue weighted by Gasteiger charge is -2.22. The molecule has 0 radical (unpaired) electrons. The zero-order chi connectivity index (χ0) is 11.1. The Balaban J connectivity index is 2.14. The second-order valence-electron chi connectivity index (χ2n) is 3.66. The van der Waals surface area contributed by atoms with Crippen LogP contribution < -0.4 is 5.32 Å². The molecular formula is C10H17NO2S2. The minimum atomic E-state index is -2.78. The molecule has 1 saturated heterocycles. The van der Waals surface area contributed by atoms with Crippen LogP contribution in [0.15, 0.2) is 0 Å². The number of rotatable bonds is 5. The molecule has 0 aromatic rings. The van der Waals surface area contributed by atoms with Crippen molar-refractivity contribution in [1.82, 2.24) is 5.32 Å². The topological polar surface area (TPSA) is 46.2 Å². The van der Waals surface area contributed by atoms with Crippen LogP contribution >= 0.6 is 11.8 Å². The van der Waals surface area contributed by atoms with Gasteiger partial charge < -0.3 is 5.32 Å². The lowest BCUT2D eigenvalue weighted by molar-refractivity contribution is 0.492. The fourth-order valence-corrected chi connectivity index (χ4v) is 3.85. The SMILES string of the molecule is C#CCSCCNC1CCCS(=O)(=O)C1. The quantitative estimate of drug-likeness (QED) is 0.568. The maximum Gasteiger partial charge on any atom is 0.151 e. The predicted octanol–water partition coefficient (Wildman–Crippen LogP) is 0.520. The minimum absolute atomic E-state index is 0.148. The van der Waals surface area contributed by atoms with E-state index in [2.05, 4.69) is 11.2 Å². The van der Waals surface area contributed by atoms with Crippen LogP contribution in [0.2, 0.25) is 0 Å². The van der Waals surface area contributed by atoms with Gasteiger partial charge in [0.05, 0.1) is 17.3 Å². The van der Waals surface area contributed by atoms with E-state index >= 15 is 0 Å². The summed E-state index contributed by atoms with van der Waals surface area (Å²) in [7, 11) is -2.78. The summed E-state index contributed by atoms with van der Waals surface area (Å²) in [5, 5.41) is 3.27. The fraction of sp³-hybridized carbons (Fsp3) is 0.800. The number of nitrogens with one attached hydrogen (secondary N) is 1. The Bertz CT molecular complexity index is 319. The van der Waals surface area contributed by atoms with Crippen molar-refractivity contribution < 1.29 is 8.42 Å². The van der Waals surface area contributed by atoms with Gasteiger partial charge in [-0.05, 0) is 12.8 Å². The summed E-state index contributed by atoms with van der Waals surface area (Å²) in [5.74, 6) is 4.89. The second-order valence-corrected chi connectivity index (χ2v) is 7.00. The Hall–Kier alpha value is -0.180. The average molecular weight is 247 g/mol. The highest BCUT2D eigenvalue weighted by atomic mass is 32.2. The molecule has 0 bridgehead atoms. The van der Waals surface area contributed by atoms with E-state index in [-0.39, 0.29) is 6.04 Å². The van der Waals surface area contributed by atoms with Crippen LogP contribution in [0.25, 0.3) is 0 Å². The van der Waals surface area contributed by atoms with Gasteiger partial charge in [-0.3, -0.25) is 0 Å². The first-order valence-electron chi connectivity index (χ1n) is 5.09. The molecule has 0 aromatic heterocycles. The van der Waals surface area contributed by atoms with Gasteiger partial charge in [-0.15, -0.1) is 18.2 Å². The molecule has 1 heterocycles. The van der Waals surface area contributed by atoms with Gasteiger partial charge in [-0.2, -0.15) is 0 Å². The summed E-state index contributed by atoms with van der Waals surface area (Å²) in [5.41, 5.74) is 0. The van der Waals surface area contributed by atoms with Gasteiger partial charge in [-0.25, -0.2) is 8.42 Å². The van der Waals surface area contributed by atoms with Gasteiger partial charge in [0.15, 0.2) is 9.84 Å². The van der Waals surface area contributed by atoms with E-state index < -0.39 is 9.84 Å². The molecule has 0 aliphatic carbocycles. The average Bonchev–Trinajstić information content (AvgIpc) is 2.16. The molecule has 0 spiro atoms. The smallest absolute Gasteiger partial charge is 0.151 e. The van der Waals surface area contributed by atoms with Gasteiger partial charge in [0.2, 0.25) is 0 Å². The van der Waals surface area contributed by atoms with Crippen LogP contribution in [-0.2, 0) is 9.84 Å². The van der Waals surface area contributed by atoms with Crippen LogP contribution in [0.5, 0.6) is 0 Å². The van der Waals surface area contributed by atoms with Gasteiger partial charge in [0, 0.05) is 18.3 Å². The van der Waals surface area contributed by atoms with Crippen LogP contribution in [0, 0.1) is 12.3 Å². The van der Waals surface area contributed by atoms with E-state index in [1.807, 2.05) is 0 Å². The third kappa shape index (κ3) is 5.45. The number of terminal acetylenes is 1. The van der Waals surface area contributed by atoms with Crippen molar-refractivity contribution in [3.05, 3.63) is 0 Å². The number of hydrogen-bond donors (Lipinski definition) is 1. The molecule has 1 aliphatic rings. The molecule has 0 aromatic carbocycles. The lowest BCUT2D eigenvalue weighted by atomic mass is 10.2. The molecule has 1 unspecified atom stereocenters. The molecule has 0 saturated carbocycles. The Morgan fingerprint density at radius 3 is 3.00 bits per heavy atom. The summed E-state index contributed by atoms with van der Waals surface area (Å²) in [6, 6.07) is 0.148. The summed E-state index contributed by atoms with van der Waals surface area (Å²) in [6.45, 7) is 0.840. The molecule has 1 atom stereocenters. The first kappa shape index (κ1) is 12.9. The van der Waals surface area contributed by atoms with Crippen LogP contribution in [0.3, 0.4) is 0 Å². The van der Waals surface area contributed by atoms with Gasteiger partial charge in [0.1, 0.15) is 0 Å². The first-order chi connectivity index (χ1) is 7.14. The summed E-state index contributed by atoms with van der Waals surface area (Å²) in [4.78, 5) is 0. The van der Waals surface area contributed by atoms with Crippen molar-refractivity contribution in [1.29, 1.82) is 0 Å². The second kappa shape index (κ2) is 6.41. The van der Waals surface area contributed by atoms with Gasteiger partial charge in [0.25, 0.3) is 0 Å². The van der Waals surface area contributed by atoms with E-state index in [0.29, 0.717) is 11.5 Å². The zero-order valence-electron chi connectivity index (χ0n) is 8.74. The summed E-state index contributed by atoms with van der Waals surface area (Å²) >= 11 is 1.69. The van der Waals surface area contributed by atoms with Crippen molar-refractivity contribution in [2.24, 2.45) is 0 Å². The Morgan fingerprint density at radius 1 is 1.53 bits per heavy atom. The van der Waals surface area contributed by atoms with Crippen molar-refractivity contribution in [2.45, 2.75) is 18.9 Å². The molecule has 1 aliphatic heterocycles. The largest absolute Gasteiger partial charge is 0.312 e. The molecule has 1 fully saturated rings. The van der Waals surface area contributed by atoms with Crippen molar-refractivity contribution in [2.75, 3.05) is 29.6 Å². The molecule has 15 heavy (non-hydrogen) atoms. The maximum absolute atomic E-state index is 11.3. The Kier molecular flexibility index (Phi) is 5.51. The Morgan fingerprint density at radius 2 is 2.33 bits per heavy atom. The van der Waals surface area contributed by atoms with Crippen LogP contribution in [0.1, 0.15) is 12.8 Å². The molecule has 5 heteroatoms. The monoisotopic (exact) mass is 247 g/mol. The van der Waals surface area contributed by atoms with Gasteiger partial charge >= 0.3 is 0 Å². The lowest BCUT2D eigenvalue weighted by Crippen LogP contribution is -2.41. The molecule has 1 rings (SSSR count). The highest BCUT2D eigenvalue weighted by Crippen LogP contribution is 2.11. The number of sulfone groups is 1. The van der Waals surface area contributed by atoms with Crippen molar-refractivity contribution in [3.63, 3.8) is 0 Å². The highest BCUT2D eigenvalue weighted by Gasteiger charge is 2.23. The zero-order valence-corrected chi connectivity index (χ0v) is 10.4. The van der Waals surface area contributed by atoms with E-state index in [1.165, 1.54) is 0 Å². The maximum atomic E-state index is 11.3. The van der Waals surface area contributed by atoms with E-state index in [0.717, 1.165) is 30.9 Å². The predicted molar refractivity (Wildman–Crippen MR) is 65.8 cm³/mol. The molecule has 86 valence electrons. The summed E-state index contributed by atoms with van der Waals surface area (Å²) < 4.78 is 22.6. The summed E-state index contributed by atoms with van der Waals surface area (Å²) in [6.07, 6.45) is 6.88. The minimum Gasteiger partial charge on any atom is -0.312 e. The molecule has 3 nitrogen and oxygen atoms in total. The fourth-order valence-electron chi connectivity index (χ4n) is 1.65. The molecule has 1 N–H and O–H groups in total. The first-order valence-corrected chi connectivity index (χ1v) is 8.07. The van der Waals surface area contributed by atoms with E-state index in [9.17, 15) is 8.42 Å². The van der Waals surface area contributed by atoms with Crippen molar-refractivity contribution >= 4 is 21.6 Å². The van der Waals surface area contributed by atoms with Crippen LogP contribution in [-0.4, -0.2) is 44.0 Å². The van der Waals surface area contributed by atoms with E-state index in [4.69, 9.17) is 6.42 Å². The molecular weight excluding hydrogens is 230 g/mol. The Labute approximate surface area is 96.3 Å². The van der Waals surface area contributed by atoms with Gasteiger partial charge in [-0.1, -0.05) is 5.92 Å². The van der Waals surface area contributed by atoms with Crippen LogP contribution in [0.4, 0.5) is 0 Å². The highest BCUT2D eigenvalue weighted by molar-refractivity contribution is 7.99. The standard InChI is InChI=1S/C10H17NO2S2/c1-2-6-14-7-5-11-10-4-3-8-15(12,13)9-10/h1,10-11H,3-9H2. The molecule has 0 amide bonds. The number of hydrogen-bond acceptors (Lipinski definition) is 4. The van der Waals surface area contributed by atoms with E-state index in [1.54, 1.807) is 11.8 Å². The number of thioether (sulfide) groups is 1. The third-order valence-corrected chi connectivity index (χ3v) is 5.01.